The maximum absolute atomic E-state index is 4.85. The number of nitrogens with zero attached hydrogens (tertiary/aromatic N) is 1. The highest BCUT2D eigenvalue weighted by atomic mass is 127. The summed E-state index contributed by atoms with van der Waals surface area (Å²) in [7, 11) is -1.99. The number of hydrogen-bond acceptors (Lipinski definition) is 1. The van der Waals surface area contributed by atoms with Gasteiger partial charge in [-0.05, 0) is 68.2 Å². The second kappa shape index (κ2) is 8.05. The smallest absolute Gasteiger partial charge is 0.147 e. The molecule has 0 amide bonds. The molecular formula is C23H26INSi. The minimum absolute atomic E-state index is 0.577. The van der Waals surface area contributed by atoms with E-state index in [0.29, 0.717) is 11.1 Å². The zero-order chi connectivity index (χ0) is 18.7. The van der Waals surface area contributed by atoms with E-state index >= 15 is 0 Å². The van der Waals surface area contributed by atoms with Crippen LogP contribution in [-0.2, 0) is 0 Å². The molecule has 1 nitrogen and oxygen atoms in total. The first-order chi connectivity index (χ1) is 12.5. The maximum atomic E-state index is 4.85. The van der Waals surface area contributed by atoms with Crippen LogP contribution in [0.15, 0.2) is 72.9 Å². The Morgan fingerprint density at radius 3 is 1.96 bits per heavy atom. The molecule has 0 fully saturated rings. The third-order valence-corrected chi connectivity index (χ3v) is 12.9. The van der Waals surface area contributed by atoms with E-state index in [1.54, 1.807) is 0 Å². The van der Waals surface area contributed by atoms with E-state index in [9.17, 15) is 0 Å². The van der Waals surface area contributed by atoms with Crippen LogP contribution in [0, 0.1) is 3.57 Å². The third-order valence-electron chi connectivity index (χ3n) is 5.43. The van der Waals surface area contributed by atoms with Gasteiger partial charge in [0.15, 0.2) is 0 Å². The van der Waals surface area contributed by atoms with Crippen molar-refractivity contribution in [3.05, 3.63) is 76.5 Å². The summed E-state index contributed by atoms with van der Waals surface area (Å²) < 4.78 is 1.36. The molecule has 0 aliphatic heterocycles. The summed E-state index contributed by atoms with van der Waals surface area (Å²) in [5, 5.41) is 2.82. The fourth-order valence-corrected chi connectivity index (χ4v) is 11.7. The van der Waals surface area contributed by atoms with E-state index < -0.39 is 8.07 Å². The first-order valence-corrected chi connectivity index (χ1v) is 12.5. The highest BCUT2D eigenvalue weighted by Crippen LogP contribution is 2.33. The van der Waals surface area contributed by atoms with Gasteiger partial charge in [0.2, 0.25) is 0 Å². The highest BCUT2D eigenvalue weighted by molar-refractivity contribution is 14.1. The van der Waals surface area contributed by atoms with E-state index in [4.69, 9.17) is 4.98 Å². The van der Waals surface area contributed by atoms with E-state index in [-0.39, 0.29) is 0 Å². The topological polar surface area (TPSA) is 12.9 Å². The van der Waals surface area contributed by atoms with Gasteiger partial charge < -0.3 is 0 Å². The van der Waals surface area contributed by atoms with Crippen LogP contribution in [0.2, 0.25) is 11.1 Å². The lowest BCUT2D eigenvalue weighted by Crippen LogP contribution is -2.64. The molecule has 0 radical (unpaired) electrons. The quantitative estimate of drug-likeness (QED) is 0.342. The molecule has 0 saturated carbocycles. The largest absolute Gasteiger partial charge is 0.266 e. The zero-order valence-corrected chi connectivity index (χ0v) is 19.1. The third kappa shape index (κ3) is 3.39. The van der Waals surface area contributed by atoms with Crippen LogP contribution < -0.4 is 10.5 Å². The van der Waals surface area contributed by atoms with Crippen molar-refractivity contribution in [2.75, 3.05) is 0 Å². The van der Waals surface area contributed by atoms with E-state index in [1.165, 1.54) is 25.2 Å². The molecule has 0 atom stereocenters. The zero-order valence-electron chi connectivity index (χ0n) is 15.9. The fourth-order valence-electron chi connectivity index (χ4n) is 4.29. The Labute approximate surface area is 172 Å². The molecule has 0 saturated heterocycles. The Morgan fingerprint density at radius 1 is 0.769 bits per heavy atom. The summed E-state index contributed by atoms with van der Waals surface area (Å²) in [4.78, 5) is 4.85. The summed E-state index contributed by atoms with van der Waals surface area (Å²) >= 11 is 2.54. The lowest BCUT2D eigenvalue weighted by molar-refractivity contribution is 0.922. The summed E-state index contributed by atoms with van der Waals surface area (Å²) in [5.74, 6) is 0. The van der Waals surface area contributed by atoms with Crippen molar-refractivity contribution < 1.29 is 0 Å². The normalized spacial score (nSPS) is 12.0. The van der Waals surface area contributed by atoms with Gasteiger partial charge in [-0.3, -0.25) is 4.98 Å². The van der Waals surface area contributed by atoms with Crippen molar-refractivity contribution in [3.8, 4) is 11.1 Å². The lowest BCUT2D eigenvalue weighted by Gasteiger charge is -2.40. The molecule has 0 bridgehead atoms. The summed E-state index contributed by atoms with van der Waals surface area (Å²) in [6, 6.07) is 24.1. The van der Waals surface area contributed by atoms with Gasteiger partial charge in [0, 0.05) is 15.1 Å². The maximum Gasteiger partial charge on any atom is 0.147 e. The van der Waals surface area contributed by atoms with Gasteiger partial charge >= 0.3 is 0 Å². The summed E-state index contributed by atoms with van der Waals surface area (Å²) in [6.07, 6.45) is 1.95. The monoisotopic (exact) mass is 471 g/mol. The number of hydrogen-bond donors (Lipinski definition) is 0. The van der Waals surface area contributed by atoms with Crippen LogP contribution in [0.3, 0.4) is 0 Å². The van der Waals surface area contributed by atoms with Crippen LogP contribution >= 0.6 is 22.6 Å². The van der Waals surface area contributed by atoms with Gasteiger partial charge in [-0.2, -0.15) is 0 Å². The Kier molecular flexibility index (Phi) is 5.98. The SMILES string of the molecule is CC(C)[Si](c1ccccn1)(c1ccc(-c2ccccc2)cc1I)C(C)C. The summed E-state index contributed by atoms with van der Waals surface area (Å²) in [6.45, 7) is 9.51. The van der Waals surface area contributed by atoms with Gasteiger partial charge in [0.1, 0.15) is 8.07 Å². The van der Waals surface area contributed by atoms with E-state index in [0.717, 1.165) is 0 Å². The summed E-state index contributed by atoms with van der Waals surface area (Å²) in [5.41, 5.74) is 3.72. The average molecular weight is 471 g/mol. The molecule has 2 aromatic carbocycles. The second-order valence-electron chi connectivity index (χ2n) is 7.45. The van der Waals surface area contributed by atoms with Gasteiger partial charge in [0.05, 0.1) is 0 Å². The van der Waals surface area contributed by atoms with Gasteiger partial charge in [-0.15, -0.1) is 0 Å². The van der Waals surface area contributed by atoms with Crippen molar-refractivity contribution >= 4 is 41.2 Å². The minimum atomic E-state index is -1.99. The Bertz CT molecular complexity index is 852. The average Bonchev–Trinajstić information content (AvgIpc) is 2.64. The molecule has 0 aliphatic rings. The number of halogens is 1. The molecule has 1 aromatic heterocycles. The van der Waals surface area contributed by atoms with Crippen molar-refractivity contribution in [1.29, 1.82) is 0 Å². The molecule has 0 spiro atoms. The Morgan fingerprint density at radius 2 is 1.42 bits per heavy atom. The van der Waals surface area contributed by atoms with Crippen LogP contribution in [0.5, 0.6) is 0 Å². The molecule has 0 aliphatic carbocycles. The van der Waals surface area contributed by atoms with Crippen molar-refractivity contribution in [3.63, 3.8) is 0 Å². The van der Waals surface area contributed by atoms with Crippen molar-refractivity contribution in [2.45, 2.75) is 38.8 Å². The number of benzene rings is 2. The highest BCUT2D eigenvalue weighted by Gasteiger charge is 2.45. The Balaban J connectivity index is 2.20. The molecular weight excluding hydrogens is 445 g/mol. The molecule has 0 N–H and O–H groups in total. The van der Waals surface area contributed by atoms with Crippen molar-refractivity contribution in [1.82, 2.24) is 4.98 Å². The van der Waals surface area contributed by atoms with Crippen LogP contribution in [-0.4, -0.2) is 13.1 Å². The molecule has 3 rings (SSSR count). The molecule has 3 heteroatoms. The first kappa shape index (κ1) is 19.3. The fraction of sp³-hybridized carbons (Fsp3) is 0.261. The molecule has 1 heterocycles. The second-order valence-corrected chi connectivity index (χ2v) is 13.7. The molecule has 26 heavy (non-hydrogen) atoms. The Hall–Kier alpha value is -1.46. The minimum Gasteiger partial charge on any atom is -0.266 e. The lowest BCUT2D eigenvalue weighted by atomic mass is 10.1. The molecule has 3 aromatic rings. The first-order valence-electron chi connectivity index (χ1n) is 9.24. The predicted molar refractivity (Wildman–Crippen MR) is 124 cm³/mol. The standard InChI is InChI=1S/C23H26INSi/c1-17(2)26(18(3)4,23-12-8-9-15-25-23)22-14-13-20(16-21(22)24)19-10-6-5-7-11-19/h5-18H,1-4H3. The van der Waals surface area contributed by atoms with Gasteiger partial charge in [0.25, 0.3) is 0 Å². The number of rotatable bonds is 5. The van der Waals surface area contributed by atoms with Crippen LogP contribution in [0.1, 0.15) is 27.7 Å². The van der Waals surface area contributed by atoms with E-state index in [1.807, 2.05) is 12.3 Å². The molecule has 0 unspecified atom stereocenters. The number of aromatic nitrogens is 1. The van der Waals surface area contributed by atoms with Crippen LogP contribution in [0.4, 0.5) is 0 Å². The molecule has 134 valence electrons. The van der Waals surface area contributed by atoms with Crippen molar-refractivity contribution in [2.24, 2.45) is 0 Å². The van der Waals surface area contributed by atoms with E-state index in [2.05, 4.69) is 111 Å². The predicted octanol–water partition coefficient (Wildman–Crippen LogP) is 5.74. The van der Waals surface area contributed by atoms with Gasteiger partial charge in [-0.1, -0.05) is 76.2 Å². The number of pyridine rings is 1. The van der Waals surface area contributed by atoms with Gasteiger partial charge in [-0.25, -0.2) is 0 Å². The van der Waals surface area contributed by atoms with Crippen LogP contribution in [0.25, 0.3) is 11.1 Å².